The van der Waals surface area contributed by atoms with E-state index >= 15 is 0 Å². The molecule has 0 saturated heterocycles. The number of aryl methyl sites for hydroxylation is 2. The summed E-state index contributed by atoms with van der Waals surface area (Å²) in [6.45, 7) is 0.488. The third-order valence-electron chi connectivity index (χ3n) is 3.01. The van der Waals surface area contributed by atoms with Gasteiger partial charge in [0.25, 0.3) is 0 Å². The fourth-order valence-electron chi connectivity index (χ4n) is 2.11. The summed E-state index contributed by atoms with van der Waals surface area (Å²) in [6, 6.07) is 5.78. The van der Waals surface area contributed by atoms with E-state index in [1.54, 1.807) is 4.57 Å². The Morgan fingerprint density at radius 3 is 2.80 bits per heavy atom. The van der Waals surface area contributed by atoms with Crippen LogP contribution in [0.2, 0.25) is 4.34 Å². The van der Waals surface area contributed by atoms with Crippen molar-refractivity contribution >= 4 is 39.9 Å². The molecule has 2 heterocycles. The van der Waals surface area contributed by atoms with Crippen molar-refractivity contribution < 1.29 is 8.78 Å². The molecule has 2 aromatic heterocycles. The first-order valence-corrected chi connectivity index (χ1v) is 7.09. The summed E-state index contributed by atoms with van der Waals surface area (Å²) in [7, 11) is 0. The highest BCUT2D eigenvalue weighted by atomic mass is 35.5. The van der Waals surface area contributed by atoms with Crippen LogP contribution < -0.4 is 5.73 Å². The average molecular weight is 314 g/mol. The van der Waals surface area contributed by atoms with Crippen LogP contribution in [-0.4, -0.2) is 9.55 Å². The summed E-state index contributed by atoms with van der Waals surface area (Å²) >= 11 is 7.33. The number of aromatic nitrogens is 2. The topological polar surface area (TPSA) is 43.8 Å². The Hall–Kier alpha value is -1.66. The molecule has 0 spiro atoms. The van der Waals surface area contributed by atoms with Gasteiger partial charge in [0.1, 0.15) is 11.3 Å². The van der Waals surface area contributed by atoms with Crippen molar-refractivity contribution in [3.05, 3.63) is 45.1 Å². The second kappa shape index (κ2) is 5.03. The minimum atomic E-state index is -0.704. The van der Waals surface area contributed by atoms with E-state index in [-0.39, 0.29) is 11.5 Å². The van der Waals surface area contributed by atoms with Crippen molar-refractivity contribution in [2.75, 3.05) is 5.73 Å². The molecular weight excluding hydrogens is 304 g/mol. The molecule has 0 saturated carbocycles. The van der Waals surface area contributed by atoms with Gasteiger partial charge in [-0.1, -0.05) is 11.6 Å². The van der Waals surface area contributed by atoms with E-state index in [0.717, 1.165) is 10.9 Å². The van der Waals surface area contributed by atoms with E-state index < -0.39 is 11.6 Å². The molecule has 0 amide bonds. The van der Waals surface area contributed by atoms with Gasteiger partial charge in [-0.2, -0.15) is 0 Å². The van der Waals surface area contributed by atoms with Gasteiger partial charge in [0.05, 0.1) is 9.85 Å². The third kappa shape index (κ3) is 2.36. The first kappa shape index (κ1) is 13.3. The van der Waals surface area contributed by atoms with Crippen molar-refractivity contribution in [2.45, 2.75) is 13.0 Å². The van der Waals surface area contributed by atoms with E-state index in [2.05, 4.69) is 4.98 Å². The van der Waals surface area contributed by atoms with Crippen LogP contribution in [0.25, 0.3) is 11.0 Å². The van der Waals surface area contributed by atoms with Crippen LogP contribution in [0.15, 0.2) is 24.3 Å². The van der Waals surface area contributed by atoms with Crippen LogP contribution in [-0.2, 0) is 13.0 Å². The fraction of sp³-hybridized carbons (Fsp3) is 0.154. The van der Waals surface area contributed by atoms with Gasteiger partial charge in [0, 0.05) is 23.6 Å². The number of imidazole rings is 1. The quantitative estimate of drug-likeness (QED) is 0.798. The molecule has 0 aliphatic heterocycles. The molecule has 0 aliphatic carbocycles. The van der Waals surface area contributed by atoms with Gasteiger partial charge in [0.15, 0.2) is 5.82 Å². The number of fused-ring (bicyclic) bond motifs is 1. The molecule has 1 aromatic carbocycles. The van der Waals surface area contributed by atoms with Gasteiger partial charge >= 0.3 is 0 Å². The molecule has 0 bridgehead atoms. The first-order valence-electron chi connectivity index (χ1n) is 5.89. The zero-order valence-electron chi connectivity index (χ0n) is 10.2. The monoisotopic (exact) mass is 313 g/mol. The number of hydrogen-bond donors (Lipinski definition) is 1. The first-order chi connectivity index (χ1) is 9.54. The summed E-state index contributed by atoms with van der Waals surface area (Å²) < 4.78 is 29.3. The molecule has 0 unspecified atom stereocenters. The molecule has 7 heteroatoms. The Morgan fingerprint density at radius 1 is 1.30 bits per heavy atom. The van der Waals surface area contributed by atoms with E-state index in [4.69, 9.17) is 17.3 Å². The molecule has 0 fully saturated rings. The highest BCUT2D eigenvalue weighted by molar-refractivity contribution is 7.16. The molecule has 20 heavy (non-hydrogen) atoms. The second-order valence-corrected chi connectivity index (χ2v) is 6.13. The van der Waals surface area contributed by atoms with Crippen molar-refractivity contribution in [1.29, 1.82) is 0 Å². The van der Waals surface area contributed by atoms with Gasteiger partial charge in [-0.05, 0) is 18.6 Å². The van der Waals surface area contributed by atoms with Crippen molar-refractivity contribution in [3.8, 4) is 0 Å². The van der Waals surface area contributed by atoms with Gasteiger partial charge < -0.3 is 10.3 Å². The lowest BCUT2D eigenvalue weighted by atomic mass is 10.3. The van der Waals surface area contributed by atoms with Gasteiger partial charge in [-0.3, -0.25) is 0 Å². The molecule has 0 atom stereocenters. The molecule has 3 aromatic rings. The normalized spacial score (nSPS) is 11.3. The van der Waals surface area contributed by atoms with Crippen molar-refractivity contribution in [3.63, 3.8) is 0 Å². The number of hydrogen-bond acceptors (Lipinski definition) is 3. The van der Waals surface area contributed by atoms with Crippen LogP contribution in [0.1, 0.15) is 4.88 Å². The second-order valence-electron chi connectivity index (χ2n) is 4.33. The third-order valence-corrected chi connectivity index (χ3v) is 4.30. The Bertz CT molecular complexity index is 781. The molecule has 2 N–H and O–H groups in total. The number of anilines is 1. The average Bonchev–Trinajstić information content (AvgIpc) is 2.91. The standard InChI is InChI=1S/C13H10ClF2N3S/c14-11-2-1-8(20-11)3-4-19-10-6-7(15)5-9(16)12(10)18-13(19)17/h1-2,5-6H,3-4H2,(H2,17,18). The van der Waals surface area contributed by atoms with Crippen molar-refractivity contribution in [1.82, 2.24) is 9.55 Å². The number of nitrogens with two attached hydrogens (primary N) is 1. The van der Waals surface area contributed by atoms with Crippen molar-refractivity contribution in [2.24, 2.45) is 0 Å². The summed E-state index contributed by atoms with van der Waals surface area (Å²) in [5.74, 6) is -1.17. The SMILES string of the molecule is Nc1nc2c(F)cc(F)cc2n1CCc1ccc(Cl)s1. The molecule has 104 valence electrons. The Morgan fingerprint density at radius 2 is 2.10 bits per heavy atom. The van der Waals surface area contributed by atoms with E-state index in [9.17, 15) is 8.78 Å². The zero-order valence-corrected chi connectivity index (χ0v) is 11.8. The molecule has 3 nitrogen and oxygen atoms in total. The smallest absolute Gasteiger partial charge is 0.201 e. The summed E-state index contributed by atoms with van der Waals surface area (Å²) in [6.07, 6.45) is 0.672. The number of rotatable bonds is 3. The maximum Gasteiger partial charge on any atom is 0.201 e. The number of thiophene rings is 1. The summed E-state index contributed by atoms with van der Waals surface area (Å²) in [5, 5.41) is 0. The maximum atomic E-state index is 13.6. The predicted octanol–water partition coefficient (Wildman–Crippen LogP) is 3.85. The molecular formula is C13H10ClF2N3S. The Balaban J connectivity index is 1.96. The lowest BCUT2D eigenvalue weighted by molar-refractivity contribution is 0.589. The summed E-state index contributed by atoms with van der Waals surface area (Å²) in [4.78, 5) is 5.02. The number of benzene rings is 1. The number of halogens is 3. The van der Waals surface area contributed by atoms with Crippen LogP contribution in [0.4, 0.5) is 14.7 Å². The van der Waals surface area contributed by atoms with Crippen LogP contribution in [0.5, 0.6) is 0 Å². The largest absolute Gasteiger partial charge is 0.369 e. The summed E-state index contributed by atoms with van der Waals surface area (Å²) in [5.41, 5.74) is 6.24. The van der Waals surface area contributed by atoms with E-state index in [0.29, 0.717) is 22.8 Å². The predicted molar refractivity (Wildman–Crippen MR) is 77.1 cm³/mol. The minimum Gasteiger partial charge on any atom is -0.369 e. The molecule has 3 rings (SSSR count). The molecule has 0 aliphatic rings. The highest BCUT2D eigenvalue weighted by Gasteiger charge is 2.14. The highest BCUT2D eigenvalue weighted by Crippen LogP contribution is 2.25. The number of nitrogen functional groups attached to an aromatic ring is 1. The maximum absolute atomic E-state index is 13.6. The van der Waals surface area contributed by atoms with E-state index in [1.165, 1.54) is 17.4 Å². The molecule has 0 radical (unpaired) electrons. The zero-order chi connectivity index (χ0) is 14.3. The Labute approximate surface area is 122 Å². The lowest BCUT2D eigenvalue weighted by Gasteiger charge is -2.05. The minimum absolute atomic E-state index is 0.0908. The van der Waals surface area contributed by atoms with Gasteiger partial charge in [-0.15, -0.1) is 11.3 Å². The fourth-order valence-corrected chi connectivity index (χ4v) is 3.19. The van der Waals surface area contributed by atoms with E-state index in [1.807, 2.05) is 12.1 Å². The van der Waals surface area contributed by atoms with Gasteiger partial charge in [-0.25, -0.2) is 13.8 Å². The van der Waals surface area contributed by atoms with Crippen LogP contribution in [0, 0.1) is 11.6 Å². The van der Waals surface area contributed by atoms with Crippen LogP contribution in [0.3, 0.4) is 0 Å². The number of nitrogens with zero attached hydrogens (tertiary/aromatic N) is 2. The van der Waals surface area contributed by atoms with Crippen LogP contribution >= 0.6 is 22.9 Å². The van der Waals surface area contributed by atoms with Gasteiger partial charge in [0.2, 0.25) is 5.95 Å². The Kier molecular flexibility index (Phi) is 3.35. The lowest BCUT2D eigenvalue weighted by Crippen LogP contribution is -2.05.